The fourth-order valence-corrected chi connectivity index (χ4v) is 4.82. The molecule has 2 aromatic heterocycles. The molecule has 0 atom stereocenters. The number of likely N-dealkylation sites (tertiary alicyclic amines) is 1. The third-order valence-corrected chi connectivity index (χ3v) is 6.76. The molecule has 8 nitrogen and oxygen atoms in total. The van der Waals surface area contributed by atoms with Crippen LogP contribution in [0.15, 0.2) is 54.4 Å². The Labute approximate surface area is 210 Å². The maximum atomic E-state index is 12.3. The number of fused-ring (bicyclic) bond motifs is 1. The topological polar surface area (TPSA) is 86.6 Å². The highest BCUT2D eigenvalue weighted by atomic mass is 35.5. The Morgan fingerprint density at radius 3 is 2.74 bits per heavy atom. The number of allylic oxidation sites excluding steroid dienone is 1. The Morgan fingerprint density at radius 2 is 2.06 bits per heavy atom. The van der Waals surface area contributed by atoms with Gasteiger partial charge in [0.25, 0.3) is 5.91 Å². The normalized spacial score (nSPS) is 18.6. The van der Waals surface area contributed by atoms with Crippen LogP contribution in [0.4, 0.5) is 17.3 Å². The monoisotopic (exact) mass is 491 g/mol. The molecule has 0 unspecified atom stereocenters. The van der Waals surface area contributed by atoms with Crippen molar-refractivity contribution in [1.82, 2.24) is 24.8 Å². The van der Waals surface area contributed by atoms with Gasteiger partial charge >= 0.3 is 0 Å². The number of amides is 1. The Morgan fingerprint density at radius 1 is 1.26 bits per heavy atom. The molecule has 0 saturated carbocycles. The number of halogens is 1. The number of benzene rings is 1. The number of carbonyl (C=O) groups is 1. The number of nitrogens with one attached hydrogen (secondary N) is 3. The zero-order valence-corrected chi connectivity index (χ0v) is 20.8. The smallest absolute Gasteiger partial charge is 0.251 e. The van der Waals surface area contributed by atoms with Gasteiger partial charge in [0.05, 0.1) is 6.20 Å². The second-order valence-corrected chi connectivity index (χ2v) is 9.89. The molecule has 2 aliphatic rings. The molecule has 0 bridgehead atoms. The van der Waals surface area contributed by atoms with Crippen LogP contribution in [0.3, 0.4) is 0 Å². The first-order chi connectivity index (χ1) is 16.9. The van der Waals surface area contributed by atoms with Crippen LogP contribution in [0.25, 0.3) is 11.7 Å². The number of nitrogens with zero attached hydrogens (tertiary/aromatic N) is 4. The molecule has 1 amide bonds. The maximum Gasteiger partial charge on any atom is 0.251 e. The van der Waals surface area contributed by atoms with Crippen molar-refractivity contribution in [2.45, 2.75) is 45.2 Å². The van der Waals surface area contributed by atoms with Gasteiger partial charge in [0.2, 0.25) is 0 Å². The van der Waals surface area contributed by atoms with Crippen molar-refractivity contribution in [2.24, 2.45) is 0 Å². The summed E-state index contributed by atoms with van der Waals surface area (Å²) < 4.78 is 1.81. The maximum absolute atomic E-state index is 12.3. The zero-order valence-electron chi connectivity index (χ0n) is 20.0. The van der Waals surface area contributed by atoms with E-state index in [0.717, 1.165) is 43.0 Å². The van der Waals surface area contributed by atoms with Crippen molar-refractivity contribution in [1.29, 1.82) is 0 Å². The Kier molecular flexibility index (Phi) is 6.49. The lowest BCUT2D eigenvalue weighted by Crippen LogP contribution is -2.42. The Bertz CT molecular complexity index is 1300. The van der Waals surface area contributed by atoms with Gasteiger partial charge in [-0.25, -0.2) is 4.98 Å². The van der Waals surface area contributed by atoms with Crippen molar-refractivity contribution in [2.75, 3.05) is 23.7 Å². The van der Waals surface area contributed by atoms with E-state index < -0.39 is 0 Å². The third-order valence-electron chi connectivity index (χ3n) is 6.52. The van der Waals surface area contributed by atoms with E-state index in [0.29, 0.717) is 46.3 Å². The molecule has 182 valence electrons. The molecule has 0 radical (unpaired) electrons. The van der Waals surface area contributed by atoms with E-state index in [-0.39, 0.29) is 5.91 Å². The summed E-state index contributed by atoms with van der Waals surface area (Å²) in [5.41, 5.74) is 3.63. The summed E-state index contributed by atoms with van der Waals surface area (Å²) in [6.07, 6.45) is 6.20. The molecule has 2 saturated heterocycles. The average molecular weight is 492 g/mol. The molecule has 0 aliphatic carbocycles. The largest absolute Gasteiger partial charge is 0.367 e. The molecule has 35 heavy (non-hydrogen) atoms. The molecule has 5 rings (SSSR count). The predicted molar refractivity (Wildman–Crippen MR) is 141 cm³/mol. The van der Waals surface area contributed by atoms with Crippen LogP contribution in [0, 0.1) is 0 Å². The van der Waals surface area contributed by atoms with Crippen molar-refractivity contribution in [3.63, 3.8) is 0 Å². The van der Waals surface area contributed by atoms with Gasteiger partial charge in [-0.1, -0.05) is 24.2 Å². The lowest BCUT2D eigenvalue weighted by Gasteiger charge is -2.35. The summed E-state index contributed by atoms with van der Waals surface area (Å²) in [6.45, 7) is 10.5. The fourth-order valence-electron chi connectivity index (χ4n) is 4.63. The standard InChI is InChI=1S/C26H30ClN7O/c1-16(2)33-9-7-21(8-10-33)31-24-14-23(30-22-6-4-5-20(27)13-22)32-25-19(15-28-34(24)25)12-18-11-17(3)29-26(18)35/h4-6,12-16,21,31H,3,7-11H2,1-2H3,(H,29,35)(H,30,32)/b18-12+. The van der Waals surface area contributed by atoms with Crippen molar-refractivity contribution < 1.29 is 4.79 Å². The third kappa shape index (κ3) is 5.18. The van der Waals surface area contributed by atoms with Gasteiger partial charge in [-0.3, -0.25) is 4.79 Å². The summed E-state index contributed by atoms with van der Waals surface area (Å²) in [5.74, 6) is 1.40. The Hall–Kier alpha value is -3.36. The lowest BCUT2D eigenvalue weighted by atomic mass is 10.0. The number of anilines is 3. The van der Waals surface area contributed by atoms with Crippen LogP contribution in [0.5, 0.6) is 0 Å². The first-order valence-electron chi connectivity index (χ1n) is 12.0. The molecule has 2 fully saturated rings. The number of carbonyl (C=O) groups excluding carboxylic acids is 1. The molecule has 4 heterocycles. The first-order valence-corrected chi connectivity index (χ1v) is 12.3. The number of piperidine rings is 1. The quantitative estimate of drug-likeness (QED) is 0.428. The van der Waals surface area contributed by atoms with Gasteiger partial charge in [0.15, 0.2) is 5.65 Å². The minimum Gasteiger partial charge on any atom is -0.367 e. The molecule has 9 heteroatoms. The number of hydrogen-bond acceptors (Lipinski definition) is 6. The van der Waals surface area contributed by atoms with Crippen LogP contribution >= 0.6 is 11.6 Å². The minimum atomic E-state index is -0.127. The summed E-state index contributed by atoms with van der Waals surface area (Å²) in [7, 11) is 0. The lowest BCUT2D eigenvalue weighted by molar-refractivity contribution is -0.115. The van der Waals surface area contributed by atoms with Gasteiger partial charge in [-0.15, -0.1) is 0 Å². The average Bonchev–Trinajstić information content (AvgIpc) is 3.36. The summed E-state index contributed by atoms with van der Waals surface area (Å²) >= 11 is 6.18. The van der Waals surface area contributed by atoms with Gasteiger partial charge < -0.3 is 20.9 Å². The van der Waals surface area contributed by atoms with Crippen molar-refractivity contribution in [3.05, 3.63) is 65.0 Å². The van der Waals surface area contributed by atoms with Gasteiger partial charge in [-0.05, 0) is 51.0 Å². The van der Waals surface area contributed by atoms with E-state index >= 15 is 0 Å². The predicted octanol–water partition coefficient (Wildman–Crippen LogP) is 4.83. The SMILES string of the molecule is C=C1C/C(=C\c2cnn3c(NC4CCN(C(C)C)CC4)cc(Nc4cccc(Cl)c4)nc23)C(=O)N1. The highest BCUT2D eigenvalue weighted by Gasteiger charge is 2.23. The molecule has 0 spiro atoms. The van der Waals surface area contributed by atoms with Crippen molar-refractivity contribution >= 4 is 46.6 Å². The molecular formula is C26H30ClN7O. The minimum absolute atomic E-state index is 0.127. The van der Waals surface area contributed by atoms with E-state index in [1.54, 1.807) is 6.20 Å². The molecule has 1 aromatic carbocycles. The summed E-state index contributed by atoms with van der Waals surface area (Å²) in [4.78, 5) is 19.6. The van der Waals surface area contributed by atoms with Crippen LogP contribution < -0.4 is 16.0 Å². The van der Waals surface area contributed by atoms with E-state index in [1.807, 2.05) is 40.9 Å². The van der Waals surface area contributed by atoms with Gasteiger partial charge in [0, 0.05) is 65.2 Å². The van der Waals surface area contributed by atoms with Gasteiger partial charge in [-0.2, -0.15) is 9.61 Å². The molecular weight excluding hydrogens is 462 g/mol. The van der Waals surface area contributed by atoms with E-state index in [1.165, 1.54) is 0 Å². The van der Waals surface area contributed by atoms with E-state index in [9.17, 15) is 4.79 Å². The highest BCUT2D eigenvalue weighted by molar-refractivity contribution is 6.30. The second kappa shape index (κ2) is 9.71. The second-order valence-electron chi connectivity index (χ2n) is 9.45. The van der Waals surface area contributed by atoms with Crippen LogP contribution in [0.1, 0.15) is 38.7 Å². The van der Waals surface area contributed by atoms with Gasteiger partial charge in [0.1, 0.15) is 11.6 Å². The zero-order chi connectivity index (χ0) is 24.5. The molecule has 3 aromatic rings. The number of aromatic nitrogens is 3. The Balaban J connectivity index is 1.49. The highest BCUT2D eigenvalue weighted by Crippen LogP contribution is 2.27. The summed E-state index contributed by atoms with van der Waals surface area (Å²) in [5, 5.41) is 15.1. The molecule has 2 aliphatic heterocycles. The van der Waals surface area contributed by atoms with Crippen LogP contribution in [-0.4, -0.2) is 50.6 Å². The number of rotatable bonds is 6. The van der Waals surface area contributed by atoms with E-state index in [4.69, 9.17) is 16.6 Å². The van der Waals surface area contributed by atoms with E-state index in [2.05, 4.69) is 46.4 Å². The summed E-state index contributed by atoms with van der Waals surface area (Å²) in [6, 6.07) is 10.4. The molecule has 3 N–H and O–H groups in total. The number of hydrogen-bond donors (Lipinski definition) is 3. The fraction of sp³-hybridized carbons (Fsp3) is 0.346. The first kappa shape index (κ1) is 23.4. The van der Waals surface area contributed by atoms with Crippen LogP contribution in [0.2, 0.25) is 5.02 Å². The van der Waals surface area contributed by atoms with Crippen LogP contribution in [-0.2, 0) is 4.79 Å². The van der Waals surface area contributed by atoms with Crippen molar-refractivity contribution in [3.8, 4) is 0 Å².